The van der Waals surface area contributed by atoms with Crippen LogP contribution in [0.2, 0.25) is 0 Å². The number of alkyl halides is 1. The molecule has 0 aliphatic heterocycles. The second kappa shape index (κ2) is 12.6. The average molecular weight is 197 g/mol. The van der Waals surface area contributed by atoms with Gasteiger partial charge in [0.25, 0.3) is 0 Å². The van der Waals surface area contributed by atoms with Gasteiger partial charge >= 0.3 is 0 Å². The van der Waals surface area contributed by atoms with E-state index in [1.807, 2.05) is 0 Å². The Bertz CT molecular complexity index is 98.3. The second-order valence-electron chi connectivity index (χ2n) is 1.90. The molecule has 0 aliphatic rings. The lowest BCUT2D eigenvalue weighted by atomic mass is 10.3. The van der Waals surface area contributed by atoms with E-state index in [0.717, 1.165) is 12.0 Å². The summed E-state index contributed by atoms with van der Waals surface area (Å²) in [6, 6.07) is 0. The van der Waals surface area contributed by atoms with Crippen LogP contribution in [-0.2, 0) is 4.79 Å². The maximum Gasteiger partial charge on any atom is 0.244 e. The average Bonchev–Trinajstić information content (AvgIpc) is 2.02. The SMILES string of the molecule is C=CC(=O)Cl.CCCCCCl. The monoisotopic (exact) mass is 196 g/mol. The highest BCUT2D eigenvalue weighted by molar-refractivity contribution is 6.66. The number of hydrogen-bond donors (Lipinski definition) is 0. The number of allylic oxidation sites excluding steroid dienone is 1. The molecular formula is C8H14Cl2O. The Balaban J connectivity index is 0. The molecule has 66 valence electrons. The summed E-state index contributed by atoms with van der Waals surface area (Å²) in [6.45, 7) is 5.25. The number of rotatable bonds is 4. The molecule has 0 N–H and O–H groups in total. The molecule has 0 spiro atoms. The lowest BCUT2D eigenvalue weighted by Gasteiger charge is -1.84. The van der Waals surface area contributed by atoms with Crippen molar-refractivity contribution < 1.29 is 4.79 Å². The van der Waals surface area contributed by atoms with Gasteiger partial charge in [-0.2, -0.15) is 0 Å². The minimum atomic E-state index is -0.509. The molecule has 0 bridgehead atoms. The van der Waals surface area contributed by atoms with Crippen LogP contribution in [0.25, 0.3) is 0 Å². The minimum absolute atomic E-state index is 0.509. The summed E-state index contributed by atoms with van der Waals surface area (Å²) in [6.07, 6.45) is 4.77. The van der Waals surface area contributed by atoms with E-state index in [0.29, 0.717) is 0 Å². The van der Waals surface area contributed by atoms with Crippen molar-refractivity contribution in [2.24, 2.45) is 0 Å². The Morgan fingerprint density at radius 1 is 1.55 bits per heavy atom. The standard InChI is InChI=1S/C5H11Cl.C3H3ClO/c1-2-3-4-5-6;1-2-3(4)5/h2-5H2,1H3;2H,1H2. The number of halogens is 2. The largest absolute Gasteiger partial charge is 0.276 e. The van der Waals surface area contributed by atoms with E-state index in [1.54, 1.807) is 0 Å². The van der Waals surface area contributed by atoms with E-state index in [4.69, 9.17) is 23.2 Å². The molecule has 0 aromatic rings. The fourth-order valence-electron chi connectivity index (χ4n) is 0.344. The molecule has 0 atom stereocenters. The van der Waals surface area contributed by atoms with Crippen molar-refractivity contribution in [1.82, 2.24) is 0 Å². The van der Waals surface area contributed by atoms with Gasteiger partial charge < -0.3 is 0 Å². The van der Waals surface area contributed by atoms with Gasteiger partial charge in [0.2, 0.25) is 5.24 Å². The maximum absolute atomic E-state index is 9.46. The van der Waals surface area contributed by atoms with Crippen LogP contribution in [0.1, 0.15) is 26.2 Å². The predicted molar refractivity (Wildman–Crippen MR) is 51.3 cm³/mol. The number of hydrogen-bond acceptors (Lipinski definition) is 1. The van der Waals surface area contributed by atoms with E-state index in [2.05, 4.69) is 13.5 Å². The maximum atomic E-state index is 9.46. The van der Waals surface area contributed by atoms with E-state index in [1.165, 1.54) is 19.3 Å². The van der Waals surface area contributed by atoms with Gasteiger partial charge in [-0.1, -0.05) is 26.3 Å². The predicted octanol–water partition coefficient (Wildman–Crippen LogP) is 3.35. The minimum Gasteiger partial charge on any atom is -0.276 e. The summed E-state index contributed by atoms with van der Waals surface area (Å²) < 4.78 is 0. The van der Waals surface area contributed by atoms with Crippen molar-refractivity contribution in [3.8, 4) is 0 Å². The fraction of sp³-hybridized carbons (Fsp3) is 0.625. The number of carbonyl (C=O) groups excluding carboxylic acids is 1. The Kier molecular flexibility index (Phi) is 15.6. The molecule has 0 saturated carbocycles. The summed E-state index contributed by atoms with van der Waals surface area (Å²) >= 11 is 10.1. The molecule has 1 nitrogen and oxygen atoms in total. The molecule has 0 amide bonds. The molecule has 0 unspecified atom stereocenters. The van der Waals surface area contributed by atoms with Crippen LogP contribution in [0.4, 0.5) is 0 Å². The third-order valence-electron chi connectivity index (χ3n) is 0.898. The van der Waals surface area contributed by atoms with Crippen LogP contribution >= 0.6 is 23.2 Å². The molecule has 3 heteroatoms. The lowest BCUT2D eigenvalue weighted by molar-refractivity contribution is -0.107. The van der Waals surface area contributed by atoms with E-state index < -0.39 is 5.24 Å². The van der Waals surface area contributed by atoms with Crippen molar-refractivity contribution in [3.63, 3.8) is 0 Å². The molecule has 0 aliphatic carbocycles. The highest BCUT2D eigenvalue weighted by atomic mass is 35.5. The third kappa shape index (κ3) is 25.6. The first-order valence-electron chi connectivity index (χ1n) is 3.56. The van der Waals surface area contributed by atoms with Gasteiger partial charge in [-0.25, -0.2) is 0 Å². The van der Waals surface area contributed by atoms with Gasteiger partial charge in [0, 0.05) is 5.88 Å². The van der Waals surface area contributed by atoms with Gasteiger partial charge in [0.1, 0.15) is 0 Å². The van der Waals surface area contributed by atoms with Gasteiger partial charge in [-0.05, 0) is 24.1 Å². The first-order chi connectivity index (χ1) is 5.18. The van der Waals surface area contributed by atoms with Crippen molar-refractivity contribution in [2.75, 3.05) is 5.88 Å². The smallest absolute Gasteiger partial charge is 0.244 e. The van der Waals surface area contributed by atoms with E-state index >= 15 is 0 Å². The zero-order valence-corrected chi connectivity index (χ0v) is 8.29. The molecule has 0 saturated heterocycles. The molecule has 0 aromatic heterocycles. The van der Waals surface area contributed by atoms with Crippen LogP contribution in [-0.4, -0.2) is 11.1 Å². The summed E-state index contributed by atoms with van der Waals surface area (Å²) in [5.74, 6) is 0.827. The van der Waals surface area contributed by atoms with Crippen LogP contribution < -0.4 is 0 Å². The van der Waals surface area contributed by atoms with Crippen molar-refractivity contribution in [1.29, 1.82) is 0 Å². The van der Waals surface area contributed by atoms with Crippen LogP contribution in [0.5, 0.6) is 0 Å². The molecule has 11 heavy (non-hydrogen) atoms. The Morgan fingerprint density at radius 2 is 2.00 bits per heavy atom. The van der Waals surface area contributed by atoms with Crippen molar-refractivity contribution in [3.05, 3.63) is 12.7 Å². The lowest BCUT2D eigenvalue weighted by Crippen LogP contribution is -1.70. The molecule has 0 aromatic carbocycles. The zero-order chi connectivity index (χ0) is 9.11. The molecule has 0 radical (unpaired) electrons. The van der Waals surface area contributed by atoms with Crippen molar-refractivity contribution >= 4 is 28.4 Å². The highest BCUT2D eigenvalue weighted by Crippen LogP contribution is 1.93. The number of unbranched alkanes of at least 4 members (excludes halogenated alkanes) is 2. The number of carbonyl (C=O) groups is 1. The third-order valence-corrected chi connectivity index (χ3v) is 1.32. The quantitative estimate of drug-likeness (QED) is 0.292. The molecule has 0 rings (SSSR count). The Hall–Kier alpha value is -0.0100. The van der Waals surface area contributed by atoms with E-state index in [9.17, 15) is 4.79 Å². The topological polar surface area (TPSA) is 17.1 Å². The van der Waals surface area contributed by atoms with E-state index in [-0.39, 0.29) is 0 Å². The van der Waals surface area contributed by atoms with Crippen LogP contribution in [0.3, 0.4) is 0 Å². The normalized spacial score (nSPS) is 7.91. The Labute approximate surface area is 78.4 Å². The van der Waals surface area contributed by atoms with Crippen LogP contribution in [0, 0.1) is 0 Å². The molecular weight excluding hydrogens is 183 g/mol. The van der Waals surface area contributed by atoms with Gasteiger partial charge in [0.15, 0.2) is 0 Å². The fourth-order valence-corrected chi connectivity index (χ4v) is 0.533. The second-order valence-corrected chi connectivity index (χ2v) is 2.65. The van der Waals surface area contributed by atoms with Gasteiger partial charge in [-0.15, -0.1) is 11.6 Å². The molecule has 0 fully saturated rings. The summed E-state index contributed by atoms with van der Waals surface area (Å²) in [4.78, 5) is 9.46. The first kappa shape index (κ1) is 13.6. The van der Waals surface area contributed by atoms with Gasteiger partial charge in [-0.3, -0.25) is 4.79 Å². The summed E-state index contributed by atoms with van der Waals surface area (Å²) in [5, 5.41) is -0.509. The summed E-state index contributed by atoms with van der Waals surface area (Å²) in [5.41, 5.74) is 0. The first-order valence-corrected chi connectivity index (χ1v) is 4.48. The van der Waals surface area contributed by atoms with Gasteiger partial charge in [0.05, 0.1) is 0 Å². The highest BCUT2D eigenvalue weighted by Gasteiger charge is 1.76. The summed E-state index contributed by atoms with van der Waals surface area (Å²) in [7, 11) is 0. The van der Waals surface area contributed by atoms with Crippen molar-refractivity contribution in [2.45, 2.75) is 26.2 Å². The zero-order valence-electron chi connectivity index (χ0n) is 6.78. The Morgan fingerprint density at radius 3 is 2.09 bits per heavy atom. The molecule has 0 heterocycles. The van der Waals surface area contributed by atoms with Crippen LogP contribution in [0.15, 0.2) is 12.7 Å².